The number of alkyl carbamates (subject to hydrolysis) is 1. The average molecular weight is 411 g/mol. The second-order valence-electron chi connectivity index (χ2n) is 6.44. The molecular weight excluding hydrogens is 380 g/mol. The minimum absolute atomic E-state index is 0.0948. The van der Waals surface area contributed by atoms with Gasteiger partial charge in [-0.1, -0.05) is 50.6 Å². The van der Waals surface area contributed by atoms with E-state index in [4.69, 9.17) is 9.47 Å². The molecule has 2 amide bonds. The van der Waals surface area contributed by atoms with Crippen LogP contribution in [0.25, 0.3) is 0 Å². The van der Waals surface area contributed by atoms with Crippen LogP contribution in [-0.4, -0.2) is 49.2 Å². The van der Waals surface area contributed by atoms with E-state index in [1.165, 1.54) is 7.11 Å². The van der Waals surface area contributed by atoms with Crippen LogP contribution < -0.4 is 10.6 Å². The number of amides is 2. The van der Waals surface area contributed by atoms with Crippen LogP contribution in [0.4, 0.5) is 4.79 Å². The van der Waals surface area contributed by atoms with Gasteiger partial charge in [-0.2, -0.15) is 11.8 Å². The number of hydrogen-bond donors (Lipinski definition) is 2. The van der Waals surface area contributed by atoms with Crippen LogP contribution in [0, 0.1) is 5.92 Å². The van der Waals surface area contributed by atoms with Gasteiger partial charge >= 0.3 is 12.1 Å². The Morgan fingerprint density at radius 2 is 1.82 bits per heavy atom. The van der Waals surface area contributed by atoms with Crippen LogP contribution in [0.15, 0.2) is 30.3 Å². The molecule has 1 rings (SSSR count). The Morgan fingerprint density at radius 1 is 1.14 bits per heavy atom. The number of esters is 1. The van der Waals surface area contributed by atoms with E-state index in [1.54, 1.807) is 11.8 Å². The monoisotopic (exact) mass is 410 g/mol. The zero-order valence-corrected chi connectivity index (χ0v) is 17.7. The Bertz CT molecular complexity index is 626. The summed E-state index contributed by atoms with van der Waals surface area (Å²) >= 11 is 1.56. The van der Waals surface area contributed by atoms with Crippen molar-refractivity contribution >= 4 is 29.7 Å². The molecule has 0 unspecified atom stereocenters. The molecule has 0 aliphatic heterocycles. The van der Waals surface area contributed by atoms with Crippen molar-refractivity contribution < 1.29 is 23.9 Å². The highest BCUT2D eigenvalue weighted by Crippen LogP contribution is 2.11. The summed E-state index contributed by atoms with van der Waals surface area (Å²) in [6.45, 7) is 3.90. The molecule has 3 atom stereocenters. The van der Waals surface area contributed by atoms with Crippen LogP contribution in [0.1, 0.15) is 32.3 Å². The highest BCUT2D eigenvalue weighted by Gasteiger charge is 2.30. The largest absolute Gasteiger partial charge is 0.467 e. The smallest absolute Gasteiger partial charge is 0.408 e. The molecule has 0 aliphatic rings. The maximum absolute atomic E-state index is 12.7. The number of thioether (sulfide) groups is 1. The van der Waals surface area contributed by atoms with Crippen LogP contribution in [-0.2, 0) is 25.7 Å². The fraction of sp³-hybridized carbons (Fsp3) is 0.550. The van der Waals surface area contributed by atoms with Gasteiger partial charge in [0.1, 0.15) is 18.7 Å². The third kappa shape index (κ3) is 8.21. The molecule has 0 spiro atoms. The van der Waals surface area contributed by atoms with Crippen molar-refractivity contribution in [3.63, 3.8) is 0 Å². The molecule has 0 saturated carbocycles. The van der Waals surface area contributed by atoms with E-state index in [-0.39, 0.29) is 12.5 Å². The summed E-state index contributed by atoms with van der Waals surface area (Å²) in [5, 5.41) is 5.32. The van der Waals surface area contributed by atoms with Gasteiger partial charge < -0.3 is 20.1 Å². The first-order valence-electron chi connectivity index (χ1n) is 9.27. The van der Waals surface area contributed by atoms with Crippen molar-refractivity contribution in [1.82, 2.24) is 10.6 Å². The third-order valence-corrected chi connectivity index (χ3v) is 5.04. The maximum atomic E-state index is 12.7. The second kappa shape index (κ2) is 13.0. The number of methoxy groups -OCH3 is 1. The lowest BCUT2D eigenvalue weighted by Gasteiger charge is -2.25. The molecule has 0 heterocycles. The molecule has 2 N–H and O–H groups in total. The van der Waals surface area contributed by atoms with Crippen molar-refractivity contribution in [2.45, 2.75) is 45.4 Å². The first-order valence-corrected chi connectivity index (χ1v) is 10.7. The standard InChI is InChI=1S/C20H30N2O5S/c1-5-14(2)17(19(24)26-3)22-18(23)16(11-12-28-4)21-20(25)27-13-15-9-7-6-8-10-15/h6-10,14,16-17H,5,11-13H2,1-4H3,(H,21,25)(H,22,23)/t14-,16-,17-/m0/s1. The van der Waals surface area contributed by atoms with Crippen molar-refractivity contribution in [2.24, 2.45) is 5.92 Å². The summed E-state index contributed by atoms with van der Waals surface area (Å²) in [7, 11) is 1.29. The highest BCUT2D eigenvalue weighted by molar-refractivity contribution is 7.98. The Kier molecular flexibility index (Phi) is 11.1. The van der Waals surface area contributed by atoms with Crippen molar-refractivity contribution in [1.29, 1.82) is 0 Å². The average Bonchev–Trinajstić information content (AvgIpc) is 2.72. The van der Waals surface area contributed by atoms with E-state index in [9.17, 15) is 14.4 Å². The third-order valence-electron chi connectivity index (χ3n) is 4.40. The minimum atomic E-state index is -0.799. The van der Waals surface area contributed by atoms with E-state index < -0.39 is 30.1 Å². The summed E-state index contributed by atoms with van der Waals surface area (Å²) in [6.07, 6.45) is 2.35. The molecule has 0 aromatic heterocycles. The summed E-state index contributed by atoms with van der Waals surface area (Å²) < 4.78 is 10.00. The van der Waals surface area contributed by atoms with Crippen LogP contribution in [0.2, 0.25) is 0 Å². The number of ether oxygens (including phenoxy) is 2. The first kappa shape index (κ1) is 23.8. The van der Waals surface area contributed by atoms with Gasteiger partial charge in [-0.05, 0) is 29.9 Å². The van der Waals surface area contributed by atoms with Crippen LogP contribution >= 0.6 is 11.8 Å². The normalized spacial score (nSPS) is 13.7. The molecule has 0 fully saturated rings. The number of hydrogen-bond acceptors (Lipinski definition) is 6. The van der Waals surface area contributed by atoms with Crippen molar-refractivity contribution in [2.75, 3.05) is 19.1 Å². The van der Waals surface area contributed by atoms with Gasteiger partial charge in [0.05, 0.1) is 7.11 Å². The van der Waals surface area contributed by atoms with Gasteiger partial charge in [-0.15, -0.1) is 0 Å². The lowest BCUT2D eigenvalue weighted by Crippen LogP contribution is -2.53. The fourth-order valence-electron chi connectivity index (χ4n) is 2.46. The molecular formula is C20H30N2O5S. The Hall–Kier alpha value is -2.22. The summed E-state index contributed by atoms with van der Waals surface area (Å²) in [6, 6.07) is 7.71. The lowest BCUT2D eigenvalue weighted by atomic mass is 9.98. The number of nitrogens with one attached hydrogen (secondary N) is 2. The molecule has 1 aromatic rings. The first-order chi connectivity index (χ1) is 13.4. The molecule has 1 aromatic carbocycles. The van der Waals surface area contributed by atoms with Gasteiger partial charge in [0.25, 0.3) is 0 Å². The second-order valence-corrected chi connectivity index (χ2v) is 7.42. The number of carbonyl (C=O) groups excluding carboxylic acids is 3. The van der Waals surface area contributed by atoms with E-state index in [0.29, 0.717) is 18.6 Å². The van der Waals surface area contributed by atoms with Crippen molar-refractivity contribution in [3.8, 4) is 0 Å². The van der Waals surface area contributed by atoms with E-state index in [2.05, 4.69) is 10.6 Å². The van der Waals surface area contributed by atoms with Gasteiger partial charge in [-0.3, -0.25) is 4.79 Å². The minimum Gasteiger partial charge on any atom is -0.467 e. The Labute approximate surface area is 170 Å². The Morgan fingerprint density at radius 3 is 2.39 bits per heavy atom. The van der Waals surface area contributed by atoms with Gasteiger partial charge in [-0.25, -0.2) is 9.59 Å². The molecule has 0 saturated heterocycles. The zero-order chi connectivity index (χ0) is 20.9. The predicted octanol–water partition coefficient (Wildman–Crippen LogP) is 2.74. The summed E-state index contributed by atoms with van der Waals surface area (Å²) in [5.74, 6) is -0.356. The molecule has 0 aliphatic carbocycles. The molecule has 156 valence electrons. The van der Waals surface area contributed by atoms with Gasteiger partial charge in [0.15, 0.2) is 0 Å². The molecule has 7 nitrogen and oxygen atoms in total. The molecule has 0 radical (unpaired) electrons. The zero-order valence-electron chi connectivity index (χ0n) is 16.9. The Balaban J connectivity index is 2.71. The van der Waals surface area contributed by atoms with Gasteiger partial charge in [0, 0.05) is 0 Å². The topological polar surface area (TPSA) is 93.7 Å². The quantitative estimate of drug-likeness (QED) is 0.545. The molecule has 28 heavy (non-hydrogen) atoms. The fourth-order valence-corrected chi connectivity index (χ4v) is 2.93. The van der Waals surface area contributed by atoms with E-state index >= 15 is 0 Å². The highest BCUT2D eigenvalue weighted by atomic mass is 32.2. The summed E-state index contributed by atoms with van der Waals surface area (Å²) in [4.78, 5) is 36.9. The number of benzene rings is 1. The van der Waals surface area contributed by atoms with E-state index in [0.717, 1.165) is 5.56 Å². The van der Waals surface area contributed by atoms with Crippen molar-refractivity contribution in [3.05, 3.63) is 35.9 Å². The predicted molar refractivity (Wildman–Crippen MR) is 110 cm³/mol. The SMILES string of the molecule is CC[C@H](C)[C@H](NC(=O)[C@H](CCSC)NC(=O)OCc1ccccc1)C(=O)OC. The van der Waals surface area contributed by atoms with Gasteiger partial charge in [0.2, 0.25) is 5.91 Å². The van der Waals surface area contributed by atoms with Crippen LogP contribution in [0.3, 0.4) is 0 Å². The number of rotatable bonds is 11. The van der Waals surface area contributed by atoms with E-state index in [1.807, 2.05) is 50.4 Å². The molecule has 8 heteroatoms. The maximum Gasteiger partial charge on any atom is 0.408 e. The molecule has 0 bridgehead atoms. The lowest BCUT2D eigenvalue weighted by molar-refractivity contribution is -0.146. The summed E-state index contributed by atoms with van der Waals surface area (Å²) in [5.41, 5.74) is 0.852. The number of carbonyl (C=O) groups is 3. The van der Waals surface area contributed by atoms with Crippen LogP contribution in [0.5, 0.6) is 0 Å².